The molecule has 0 amide bonds. The third-order valence-corrected chi connectivity index (χ3v) is 5.31. The number of imidazole rings is 1. The molecule has 0 spiro atoms. The van der Waals surface area contributed by atoms with Gasteiger partial charge in [0, 0.05) is 44.1 Å². The molecule has 3 N–H and O–H groups in total. The van der Waals surface area contributed by atoms with E-state index in [1.807, 2.05) is 54.6 Å². The third kappa shape index (κ3) is 6.22. The lowest BCUT2D eigenvalue weighted by molar-refractivity contribution is 0.297. The van der Waals surface area contributed by atoms with E-state index in [0.29, 0.717) is 32.3 Å². The number of hydrogen-bond donors (Lipinski definition) is 3. The van der Waals surface area contributed by atoms with Crippen LogP contribution >= 0.6 is 24.0 Å². The molecular formula is C25H28IN5O3. The van der Waals surface area contributed by atoms with Crippen LogP contribution in [0.25, 0.3) is 11.0 Å². The molecule has 8 nitrogen and oxygen atoms in total. The largest absolute Gasteiger partial charge is 0.490 e. The van der Waals surface area contributed by atoms with Gasteiger partial charge in [0.15, 0.2) is 17.5 Å². The number of rotatable bonds is 7. The van der Waals surface area contributed by atoms with Crippen LogP contribution in [0.2, 0.25) is 0 Å². The van der Waals surface area contributed by atoms with Crippen molar-refractivity contribution in [1.82, 2.24) is 15.3 Å². The van der Waals surface area contributed by atoms with Crippen molar-refractivity contribution < 1.29 is 13.9 Å². The highest BCUT2D eigenvalue weighted by atomic mass is 127. The Morgan fingerprint density at radius 1 is 1.00 bits per heavy atom. The topological polar surface area (TPSA) is 96.7 Å². The Labute approximate surface area is 215 Å². The SMILES string of the molecule is I.c1coc(CCN=C(NCCc2nc3ccccc3[nH]2)Nc2ccc3c(c2)OCCCO3)c1. The molecule has 2 aromatic heterocycles. The zero-order valence-corrected chi connectivity index (χ0v) is 21.1. The predicted octanol–water partition coefficient (Wildman–Crippen LogP) is 4.78. The van der Waals surface area contributed by atoms with Crippen LogP contribution in [0, 0.1) is 0 Å². The molecule has 178 valence electrons. The number of guanidine groups is 1. The lowest BCUT2D eigenvalue weighted by Crippen LogP contribution is -2.33. The van der Waals surface area contributed by atoms with Gasteiger partial charge in [-0.2, -0.15) is 0 Å². The first-order valence-corrected chi connectivity index (χ1v) is 11.2. The molecule has 9 heteroatoms. The number of anilines is 1. The second-order valence-corrected chi connectivity index (χ2v) is 7.77. The minimum Gasteiger partial charge on any atom is -0.490 e. The summed E-state index contributed by atoms with van der Waals surface area (Å²) in [5, 5.41) is 6.79. The van der Waals surface area contributed by atoms with Gasteiger partial charge >= 0.3 is 0 Å². The first-order valence-electron chi connectivity index (χ1n) is 11.2. The van der Waals surface area contributed by atoms with Gasteiger partial charge in [-0.1, -0.05) is 12.1 Å². The Morgan fingerprint density at radius 2 is 1.88 bits per heavy atom. The van der Waals surface area contributed by atoms with Gasteiger partial charge in [-0.05, 0) is 36.4 Å². The maximum absolute atomic E-state index is 5.82. The van der Waals surface area contributed by atoms with Crippen LogP contribution in [-0.4, -0.2) is 42.2 Å². The second kappa shape index (κ2) is 11.8. The molecule has 0 fully saturated rings. The number of aromatic amines is 1. The second-order valence-electron chi connectivity index (χ2n) is 7.77. The molecule has 0 radical (unpaired) electrons. The van der Waals surface area contributed by atoms with E-state index < -0.39 is 0 Å². The Kier molecular flexibility index (Phi) is 8.29. The van der Waals surface area contributed by atoms with E-state index in [1.54, 1.807) is 6.26 Å². The highest BCUT2D eigenvalue weighted by molar-refractivity contribution is 14.0. The average molecular weight is 573 g/mol. The zero-order chi connectivity index (χ0) is 22.3. The van der Waals surface area contributed by atoms with Crippen LogP contribution in [0.1, 0.15) is 18.0 Å². The Morgan fingerprint density at radius 3 is 2.74 bits per heavy atom. The monoisotopic (exact) mass is 573 g/mol. The van der Waals surface area contributed by atoms with Gasteiger partial charge in [0.25, 0.3) is 0 Å². The summed E-state index contributed by atoms with van der Waals surface area (Å²) < 4.78 is 17.0. The average Bonchev–Trinajstić information content (AvgIpc) is 3.43. The van der Waals surface area contributed by atoms with Gasteiger partial charge in [-0.15, -0.1) is 24.0 Å². The summed E-state index contributed by atoms with van der Waals surface area (Å²) in [5.41, 5.74) is 2.91. The minimum atomic E-state index is 0. The van der Waals surface area contributed by atoms with E-state index in [0.717, 1.165) is 59.1 Å². The van der Waals surface area contributed by atoms with Gasteiger partial charge in [0.05, 0.1) is 30.5 Å². The fraction of sp³-hybridized carbons (Fsp3) is 0.280. The van der Waals surface area contributed by atoms with Crippen molar-refractivity contribution in [3.63, 3.8) is 0 Å². The molecular weight excluding hydrogens is 545 g/mol. The number of nitrogens with zero attached hydrogens (tertiary/aromatic N) is 2. The molecule has 34 heavy (non-hydrogen) atoms. The molecule has 0 saturated heterocycles. The van der Waals surface area contributed by atoms with Gasteiger partial charge in [-0.25, -0.2) is 4.98 Å². The quantitative estimate of drug-likeness (QED) is 0.167. The third-order valence-electron chi connectivity index (χ3n) is 5.31. The van der Waals surface area contributed by atoms with E-state index in [9.17, 15) is 0 Å². The molecule has 1 aliphatic heterocycles. The first-order chi connectivity index (χ1) is 16.3. The van der Waals surface area contributed by atoms with Crippen molar-refractivity contribution in [2.45, 2.75) is 19.3 Å². The number of fused-ring (bicyclic) bond motifs is 2. The van der Waals surface area contributed by atoms with Crippen LogP contribution in [0.3, 0.4) is 0 Å². The lowest BCUT2D eigenvalue weighted by Gasteiger charge is -2.14. The lowest BCUT2D eigenvalue weighted by atomic mass is 10.2. The smallest absolute Gasteiger partial charge is 0.195 e. The normalized spacial score (nSPS) is 13.2. The fourth-order valence-electron chi connectivity index (χ4n) is 3.67. The molecule has 0 bridgehead atoms. The van der Waals surface area contributed by atoms with Crippen LogP contribution in [-0.2, 0) is 12.8 Å². The zero-order valence-electron chi connectivity index (χ0n) is 18.8. The Hall–Kier alpha value is -3.21. The van der Waals surface area contributed by atoms with Crippen molar-refractivity contribution in [2.75, 3.05) is 31.6 Å². The highest BCUT2D eigenvalue weighted by Gasteiger charge is 2.12. The van der Waals surface area contributed by atoms with Crippen molar-refractivity contribution >= 4 is 46.7 Å². The van der Waals surface area contributed by atoms with Gasteiger partial charge in [0.1, 0.15) is 11.6 Å². The summed E-state index contributed by atoms with van der Waals surface area (Å²) in [7, 11) is 0. The van der Waals surface area contributed by atoms with E-state index in [2.05, 4.69) is 20.6 Å². The first kappa shape index (κ1) is 23.9. The minimum absolute atomic E-state index is 0. The van der Waals surface area contributed by atoms with E-state index >= 15 is 0 Å². The number of furan rings is 1. The van der Waals surface area contributed by atoms with Gasteiger partial charge in [-0.3, -0.25) is 4.99 Å². The van der Waals surface area contributed by atoms with Gasteiger partial charge in [0.2, 0.25) is 0 Å². The summed E-state index contributed by atoms with van der Waals surface area (Å²) in [6.45, 7) is 2.59. The molecule has 2 aromatic carbocycles. The van der Waals surface area contributed by atoms with Crippen LogP contribution < -0.4 is 20.1 Å². The van der Waals surface area contributed by atoms with Crippen LogP contribution in [0.15, 0.2) is 70.3 Å². The summed E-state index contributed by atoms with van der Waals surface area (Å²) in [6, 6.07) is 17.7. The highest BCUT2D eigenvalue weighted by Crippen LogP contribution is 2.32. The van der Waals surface area contributed by atoms with Crippen molar-refractivity contribution in [3.05, 3.63) is 72.4 Å². The summed E-state index contributed by atoms with van der Waals surface area (Å²) in [4.78, 5) is 12.7. The molecule has 3 heterocycles. The number of hydrogen-bond acceptors (Lipinski definition) is 5. The molecule has 0 unspecified atom stereocenters. The number of aromatic nitrogens is 2. The summed E-state index contributed by atoms with van der Waals surface area (Å²) >= 11 is 0. The number of benzene rings is 2. The molecule has 4 aromatic rings. The maximum atomic E-state index is 5.82. The van der Waals surface area contributed by atoms with Crippen molar-refractivity contribution in [1.29, 1.82) is 0 Å². The van der Waals surface area contributed by atoms with Gasteiger partial charge < -0.3 is 29.5 Å². The number of H-pyrrole nitrogens is 1. The number of halogens is 1. The van der Waals surface area contributed by atoms with E-state index in [1.165, 1.54) is 0 Å². The summed E-state index contributed by atoms with van der Waals surface area (Å²) in [5.74, 6) is 4.05. The number of aliphatic imine (C=N–C) groups is 1. The molecule has 0 aliphatic carbocycles. The van der Waals surface area contributed by atoms with E-state index in [-0.39, 0.29) is 24.0 Å². The number of para-hydroxylation sites is 2. The fourth-order valence-corrected chi connectivity index (χ4v) is 3.67. The Bertz CT molecular complexity index is 1190. The molecule has 0 saturated carbocycles. The number of ether oxygens (including phenoxy) is 2. The molecule has 1 aliphatic rings. The maximum Gasteiger partial charge on any atom is 0.195 e. The van der Waals surface area contributed by atoms with Crippen LogP contribution in [0.4, 0.5) is 5.69 Å². The van der Waals surface area contributed by atoms with Crippen molar-refractivity contribution in [2.24, 2.45) is 4.99 Å². The molecule has 5 rings (SSSR count). The molecule has 0 atom stereocenters. The standard InChI is InChI=1S/C25H27N5O3.HI/c1-2-7-21-20(6-1)29-24(30-21)11-13-27-25(26-12-10-19-5-3-14-31-19)28-18-8-9-22-23(17-18)33-16-4-15-32-22;/h1-3,5-9,14,17H,4,10-13,15-16H2,(H,29,30)(H2,26,27,28);1H. The Balaban J connectivity index is 0.00000274. The number of nitrogens with one attached hydrogen (secondary N) is 3. The van der Waals surface area contributed by atoms with Crippen molar-refractivity contribution in [3.8, 4) is 11.5 Å². The summed E-state index contributed by atoms with van der Waals surface area (Å²) in [6.07, 6.45) is 4.03. The predicted molar refractivity (Wildman–Crippen MR) is 144 cm³/mol. The van der Waals surface area contributed by atoms with Crippen LogP contribution in [0.5, 0.6) is 11.5 Å². The van der Waals surface area contributed by atoms with E-state index in [4.69, 9.17) is 18.9 Å².